The van der Waals surface area contributed by atoms with Gasteiger partial charge in [-0.15, -0.1) is 0 Å². The van der Waals surface area contributed by atoms with Gasteiger partial charge in [0.25, 0.3) is 5.91 Å². The smallest absolute Gasteiger partial charge is 0.252 e. The molecule has 3 aromatic carbocycles. The average Bonchev–Trinajstić information content (AvgIpc) is 2.74. The predicted molar refractivity (Wildman–Crippen MR) is 115 cm³/mol. The monoisotopic (exact) mass is 390 g/mol. The number of β-amino-alcohol motifs (C(OH)–C–C–N with tert-alkyl or cyclic N) is 1. The molecule has 0 aromatic heterocycles. The van der Waals surface area contributed by atoms with Gasteiger partial charge in [0.05, 0.1) is 12.7 Å². The van der Waals surface area contributed by atoms with E-state index in [0.29, 0.717) is 31.7 Å². The molecule has 3 N–H and O–H groups in total. The van der Waals surface area contributed by atoms with Crippen LogP contribution in [0.3, 0.4) is 0 Å². The number of nitrogens with one attached hydrogen (secondary N) is 2. The predicted octanol–water partition coefficient (Wildman–Crippen LogP) is 3.36. The molecule has 4 rings (SSSR count). The number of piperidine rings is 1. The highest BCUT2D eigenvalue weighted by Gasteiger charge is 2.22. The van der Waals surface area contributed by atoms with Gasteiger partial charge in [0.2, 0.25) is 0 Å². The van der Waals surface area contributed by atoms with Crippen LogP contribution < -0.4 is 15.4 Å². The van der Waals surface area contributed by atoms with Crippen LogP contribution in [0.2, 0.25) is 0 Å². The van der Waals surface area contributed by atoms with Crippen molar-refractivity contribution in [2.24, 2.45) is 0 Å². The summed E-state index contributed by atoms with van der Waals surface area (Å²) in [4.78, 5) is 13.0. The Morgan fingerprint density at radius 1 is 1.07 bits per heavy atom. The molecule has 2 atom stereocenters. The first-order chi connectivity index (χ1) is 14.2. The van der Waals surface area contributed by atoms with Crippen LogP contribution >= 0.6 is 0 Å². The summed E-state index contributed by atoms with van der Waals surface area (Å²) in [6.45, 7) is 3.85. The third-order valence-electron chi connectivity index (χ3n) is 5.31. The Hall–Kier alpha value is -2.89. The molecule has 1 amide bonds. The number of hydrogen-bond donors (Lipinski definition) is 3. The van der Waals surface area contributed by atoms with Gasteiger partial charge in [0, 0.05) is 24.7 Å². The minimum atomic E-state index is -0.423. The number of ether oxygens (including phenoxy) is 1. The van der Waals surface area contributed by atoms with Crippen molar-refractivity contribution in [2.75, 3.05) is 19.7 Å². The number of amides is 1. The molecule has 1 aliphatic heterocycles. The summed E-state index contributed by atoms with van der Waals surface area (Å²) in [5.74, 6) is 0.736. The number of aliphatic hydroxyl groups is 1. The van der Waals surface area contributed by atoms with Crippen molar-refractivity contribution in [3.05, 3.63) is 66.2 Å². The number of carbonyl (C=O) groups excluding carboxylic acids is 1. The van der Waals surface area contributed by atoms with Gasteiger partial charge in [-0.2, -0.15) is 0 Å². The van der Waals surface area contributed by atoms with Crippen molar-refractivity contribution in [1.82, 2.24) is 10.6 Å². The number of fused-ring (bicyclic) bond motifs is 1. The molecule has 5 nitrogen and oxygen atoms in total. The number of rotatable bonds is 5. The average molecular weight is 390 g/mol. The molecule has 1 fully saturated rings. The maximum Gasteiger partial charge on any atom is 0.252 e. The third-order valence-corrected chi connectivity index (χ3v) is 5.31. The van der Waals surface area contributed by atoms with E-state index in [2.05, 4.69) is 16.7 Å². The molecule has 29 heavy (non-hydrogen) atoms. The van der Waals surface area contributed by atoms with Crippen LogP contribution in [-0.4, -0.2) is 42.9 Å². The van der Waals surface area contributed by atoms with Crippen molar-refractivity contribution >= 4 is 16.7 Å². The summed E-state index contributed by atoms with van der Waals surface area (Å²) in [5.41, 5.74) is 2.81. The minimum absolute atomic E-state index is 0.0733. The summed E-state index contributed by atoms with van der Waals surface area (Å²) in [6, 6.07) is 19.8. The van der Waals surface area contributed by atoms with E-state index < -0.39 is 6.10 Å². The zero-order chi connectivity index (χ0) is 20.2. The lowest BCUT2D eigenvalue weighted by molar-refractivity contribution is 0.0878. The Bertz CT molecular complexity index is 1000. The van der Waals surface area contributed by atoms with Gasteiger partial charge in [-0.3, -0.25) is 4.79 Å². The molecular weight excluding hydrogens is 364 g/mol. The second-order valence-electron chi connectivity index (χ2n) is 7.38. The van der Waals surface area contributed by atoms with Gasteiger partial charge in [0.1, 0.15) is 5.75 Å². The van der Waals surface area contributed by atoms with Crippen LogP contribution in [0.15, 0.2) is 60.7 Å². The molecular formula is C24H26N2O3. The fourth-order valence-corrected chi connectivity index (χ4v) is 3.95. The van der Waals surface area contributed by atoms with E-state index in [1.165, 1.54) is 0 Å². The van der Waals surface area contributed by atoms with Gasteiger partial charge in [-0.05, 0) is 53.4 Å². The summed E-state index contributed by atoms with van der Waals surface area (Å²) < 4.78 is 5.54. The van der Waals surface area contributed by atoms with E-state index >= 15 is 0 Å². The van der Waals surface area contributed by atoms with Gasteiger partial charge >= 0.3 is 0 Å². The Balaban J connectivity index is 1.65. The minimum Gasteiger partial charge on any atom is -0.494 e. The Labute approximate surface area is 170 Å². The number of aliphatic hydroxyl groups excluding tert-OH is 1. The van der Waals surface area contributed by atoms with E-state index in [1.807, 2.05) is 61.5 Å². The Kier molecular flexibility index (Phi) is 5.79. The quantitative estimate of drug-likeness (QED) is 0.625. The highest BCUT2D eigenvalue weighted by Crippen LogP contribution is 2.31. The van der Waals surface area contributed by atoms with E-state index in [1.54, 1.807) is 0 Å². The Morgan fingerprint density at radius 3 is 2.59 bits per heavy atom. The van der Waals surface area contributed by atoms with Crippen molar-refractivity contribution < 1.29 is 14.6 Å². The summed E-state index contributed by atoms with van der Waals surface area (Å²) >= 11 is 0. The normalized spacial score (nSPS) is 19.1. The standard InChI is InChI=1S/C24H26N2O3/c1-2-29-19-11-9-16(10-12-19)20-5-3-7-22-21(20)6-4-8-23(22)24(28)26-17-13-18(27)15-25-14-17/h3-12,17-18,25,27H,2,13-15H2,1H3,(H,26,28)/t17-,18+/m0/s1. The van der Waals surface area contributed by atoms with Gasteiger partial charge in [-0.1, -0.05) is 42.5 Å². The fourth-order valence-electron chi connectivity index (χ4n) is 3.95. The second kappa shape index (κ2) is 8.64. The maximum atomic E-state index is 13.0. The van der Waals surface area contributed by atoms with Crippen LogP contribution in [0.4, 0.5) is 0 Å². The van der Waals surface area contributed by atoms with Crippen molar-refractivity contribution in [2.45, 2.75) is 25.5 Å². The third kappa shape index (κ3) is 4.26. The van der Waals surface area contributed by atoms with Crippen LogP contribution in [0.5, 0.6) is 5.75 Å². The van der Waals surface area contributed by atoms with Crippen molar-refractivity contribution in [3.63, 3.8) is 0 Å². The molecule has 0 aliphatic carbocycles. The zero-order valence-electron chi connectivity index (χ0n) is 16.5. The summed E-state index contributed by atoms with van der Waals surface area (Å²) in [6.07, 6.45) is 0.147. The lowest BCUT2D eigenvalue weighted by Crippen LogP contribution is -2.50. The molecule has 150 valence electrons. The first kappa shape index (κ1) is 19.4. The molecule has 0 bridgehead atoms. The molecule has 0 spiro atoms. The van der Waals surface area contributed by atoms with Crippen molar-refractivity contribution in [3.8, 4) is 16.9 Å². The molecule has 5 heteroatoms. The number of benzene rings is 3. The highest BCUT2D eigenvalue weighted by molar-refractivity contribution is 6.10. The molecule has 1 heterocycles. The molecule has 1 saturated heterocycles. The fraction of sp³-hybridized carbons (Fsp3) is 0.292. The van der Waals surface area contributed by atoms with Gasteiger partial charge in [0.15, 0.2) is 0 Å². The topological polar surface area (TPSA) is 70.6 Å². The second-order valence-corrected chi connectivity index (χ2v) is 7.38. The summed E-state index contributed by atoms with van der Waals surface area (Å²) in [5, 5.41) is 18.0. The molecule has 0 saturated carbocycles. The lowest BCUT2D eigenvalue weighted by atomic mass is 9.95. The van der Waals surface area contributed by atoms with Gasteiger partial charge in [-0.25, -0.2) is 0 Å². The van der Waals surface area contributed by atoms with Crippen LogP contribution in [0, 0.1) is 0 Å². The Morgan fingerprint density at radius 2 is 1.83 bits per heavy atom. The van der Waals surface area contributed by atoms with Crippen LogP contribution in [-0.2, 0) is 0 Å². The first-order valence-electron chi connectivity index (χ1n) is 10.1. The largest absolute Gasteiger partial charge is 0.494 e. The van der Waals surface area contributed by atoms with Crippen LogP contribution in [0.1, 0.15) is 23.7 Å². The van der Waals surface area contributed by atoms with Crippen LogP contribution in [0.25, 0.3) is 21.9 Å². The molecule has 0 radical (unpaired) electrons. The number of carbonyl (C=O) groups is 1. The van der Waals surface area contributed by atoms with E-state index in [9.17, 15) is 9.90 Å². The molecule has 3 aromatic rings. The lowest BCUT2D eigenvalue weighted by Gasteiger charge is -2.27. The number of hydrogen-bond acceptors (Lipinski definition) is 4. The highest BCUT2D eigenvalue weighted by atomic mass is 16.5. The van der Waals surface area contributed by atoms with Gasteiger partial charge < -0.3 is 20.5 Å². The SMILES string of the molecule is CCOc1ccc(-c2cccc3c(C(=O)N[C@@H]4CNC[C@H](O)C4)cccc23)cc1. The summed E-state index contributed by atoms with van der Waals surface area (Å²) in [7, 11) is 0. The van der Waals surface area contributed by atoms with Crippen molar-refractivity contribution in [1.29, 1.82) is 0 Å². The first-order valence-corrected chi connectivity index (χ1v) is 10.1. The maximum absolute atomic E-state index is 13.0. The van der Waals surface area contributed by atoms with E-state index in [4.69, 9.17) is 4.74 Å². The molecule has 0 unspecified atom stereocenters. The molecule has 1 aliphatic rings. The van der Waals surface area contributed by atoms with E-state index in [-0.39, 0.29) is 11.9 Å². The zero-order valence-corrected chi connectivity index (χ0v) is 16.5. The van der Waals surface area contributed by atoms with E-state index in [0.717, 1.165) is 27.6 Å².